The van der Waals surface area contributed by atoms with E-state index in [0.717, 1.165) is 55.7 Å². The lowest BCUT2D eigenvalue weighted by Gasteiger charge is -2.36. The second kappa shape index (κ2) is 11.2. The summed E-state index contributed by atoms with van der Waals surface area (Å²) in [6, 6.07) is 22.4. The van der Waals surface area contributed by atoms with E-state index in [1.165, 1.54) is 17.7 Å². The number of carbonyl (C=O) groups is 2. The highest BCUT2D eigenvalue weighted by molar-refractivity contribution is 5.95. The quantitative estimate of drug-likeness (QED) is 0.474. The summed E-state index contributed by atoms with van der Waals surface area (Å²) in [6.45, 7) is 6.24. The van der Waals surface area contributed by atoms with Crippen molar-refractivity contribution in [2.24, 2.45) is 0 Å². The van der Waals surface area contributed by atoms with Crippen LogP contribution in [0.2, 0.25) is 0 Å². The second-order valence-electron chi connectivity index (χ2n) is 10.0. The van der Waals surface area contributed by atoms with Crippen LogP contribution in [0, 0.1) is 5.82 Å². The Morgan fingerprint density at radius 3 is 2.22 bits per heavy atom. The third-order valence-electron chi connectivity index (χ3n) is 7.68. The molecular formula is C31H34FN3O2. The first kappa shape index (κ1) is 25.0. The van der Waals surface area contributed by atoms with Gasteiger partial charge in [0.2, 0.25) is 0 Å². The molecule has 1 atom stereocenters. The number of halogens is 1. The predicted octanol–water partition coefficient (Wildman–Crippen LogP) is 5.37. The van der Waals surface area contributed by atoms with Crippen LogP contribution in [0.5, 0.6) is 0 Å². The smallest absolute Gasteiger partial charge is 0.253 e. The minimum Gasteiger partial charge on any atom is -0.368 e. The lowest BCUT2D eigenvalue weighted by Crippen LogP contribution is -2.48. The van der Waals surface area contributed by atoms with E-state index in [1.807, 2.05) is 52.3 Å². The Morgan fingerprint density at radius 1 is 0.811 bits per heavy atom. The maximum absolute atomic E-state index is 13.3. The number of piperidine rings is 1. The summed E-state index contributed by atoms with van der Waals surface area (Å²) in [5.41, 5.74) is 4.77. The van der Waals surface area contributed by atoms with Crippen molar-refractivity contribution in [3.63, 3.8) is 0 Å². The van der Waals surface area contributed by atoms with E-state index < -0.39 is 0 Å². The van der Waals surface area contributed by atoms with Gasteiger partial charge in [0.1, 0.15) is 5.82 Å². The number of rotatable bonds is 5. The summed E-state index contributed by atoms with van der Waals surface area (Å²) >= 11 is 0. The number of benzene rings is 3. The Bertz CT molecular complexity index is 1230. The summed E-state index contributed by atoms with van der Waals surface area (Å²) in [7, 11) is 0. The topological polar surface area (TPSA) is 43.9 Å². The lowest BCUT2D eigenvalue weighted by atomic mass is 9.89. The molecule has 2 amide bonds. The van der Waals surface area contributed by atoms with Crippen LogP contribution in [0.1, 0.15) is 57.5 Å². The van der Waals surface area contributed by atoms with Gasteiger partial charge in [-0.05, 0) is 78.9 Å². The second-order valence-corrected chi connectivity index (χ2v) is 10.0. The minimum absolute atomic E-state index is 0.0420. The minimum atomic E-state index is -0.242. The maximum atomic E-state index is 13.3. The third-order valence-corrected chi connectivity index (χ3v) is 7.68. The summed E-state index contributed by atoms with van der Waals surface area (Å²) < 4.78 is 13.3. The van der Waals surface area contributed by atoms with Crippen molar-refractivity contribution in [2.45, 2.75) is 32.1 Å². The Hall–Kier alpha value is -3.67. The number of piperazine rings is 1. The van der Waals surface area contributed by atoms with Gasteiger partial charge in [0, 0.05) is 62.0 Å². The molecule has 3 aromatic rings. The van der Waals surface area contributed by atoms with Gasteiger partial charge in [0.25, 0.3) is 11.8 Å². The van der Waals surface area contributed by atoms with Crippen LogP contribution >= 0.6 is 0 Å². The van der Waals surface area contributed by atoms with Crippen molar-refractivity contribution >= 4 is 17.5 Å². The molecule has 37 heavy (non-hydrogen) atoms. The zero-order chi connectivity index (χ0) is 25.8. The molecule has 2 aliphatic rings. The highest BCUT2D eigenvalue weighted by Crippen LogP contribution is 2.29. The number of carbonyl (C=O) groups excluding carboxylic acids is 2. The molecule has 0 spiro atoms. The van der Waals surface area contributed by atoms with Gasteiger partial charge in [-0.25, -0.2) is 4.39 Å². The normalized spacial score (nSPS) is 18.1. The SMILES string of the molecule is CCc1ccc(C(=O)N2CCC[C@@H](c3cccc(C(=O)N4CCN(c5ccc(F)cc5)CC4)c3)C2)cc1. The van der Waals surface area contributed by atoms with Gasteiger partial charge in [-0.3, -0.25) is 9.59 Å². The highest BCUT2D eigenvalue weighted by atomic mass is 19.1. The van der Waals surface area contributed by atoms with E-state index in [2.05, 4.69) is 17.9 Å². The van der Waals surface area contributed by atoms with Crippen molar-refractivity contribution in [3.8, 4) is 0 Å². The monoisotopic (exact) mass is 499 g/mol. The van der Waals surface area contributed by atoms with Crippen molar-refractivity contribution in [1.29, 1.82) is 0 Å². The van der Waals surface area contributed by atoms with Gasteiger partial charge >= 0.3 is 0 Å². The standard InChI is InChI=1S/C31H34FN3O2/c1-2-23-8-10-24(11-9-23)30(36)35-16-4-7-27(22-35)25-5-3-6-26(21-25)31(37)34-19-17-33(18-20-34)29-14-12-28(32)13-15-29/h3,5-6,8-15,21,27H,2,4,7,16-20,22H2,1H3/t27-/m1/s1. The van der Waals surface area contributed by atoms with Crippen molar-refractivity contribution in [3.05, 3.63) is 101 Å². The maximum Gasteiger partial charge on any atom is 0.253 e. The number of hydrogen-bond donors (Lipinski definition) is 0. The first-order valence-corrected chi connectivity index (χ1v) is 13.3. The Balaban J connectivity index is 1.22. The lowest BCUT2D eigenvalue weighted by molar-refractivity contribution is 0.0704. The number of amides is 2. The molecule has 5 rings (SSSR count). The van der Waals surface area contributed by atoms with E-state index in [1.54, 1.807) is 12.1 Å². The summed E-state index contributed by atoms with van der Waals surface area (Å²) in [6.07, 6.45) is 2.92. The van der Waals surface area contributed by atoms with Crippen molar-refractivity contribution < 1.29 is 14.0 Å². The average molecular weight is 500 g/mol. The van der Waals surface area contributed by atoms with E-state index in [4.69, 9.17) is 0 Å². The number of anilines is 1. The number of likely N-dealkylation sites (tertiary alicyclic amines) is 1. The first-order valence-electron chi connectivity index (χ1n) is 13.3. The van der Waals surface area contributed by atoms with E-state index in [9.17, 15) is 14.0 Å². The van der Waals surface area contributed by atoms with Gasteiger partial charge in [-0.15, -0.1) is 0 Å². The highest BCUT2D eigenvalue weighted by Gasteiger charge is 2.27. The third kappa shape index (κ3) is 5.68. The molecule has 3 aromatic carbocycles. The summed E-state index contributed by atoms with van der Waals surface area (Å²) in [5, 5.41) is 0. The van der Waals surface area contributed by atoms with Gasteiger partial charge in [0.05, 0.1) is 0 Å². The predicted molar refractivity (Wildman–Crippen MR) is 145 cm³/mol. The number of aryl methyl sites for hydroxylation is 1. The molecule has 0 saturated carbocycles. The molecular weight excluding hydrogens is 465 g/mol. The molecule has 5 nitrogen and oxygen atoms in total. The molecule has 2 fully saturated rings. The first-order chi connectivity index (χ1) is 18.0. The molecule has 0 radical (unpaired) electrons. The Morgan fingerprint density at radius 2 is 1.51 bits per heavy atom. The fourth-order valence-corrected chi connectivity index (χ4v) is 5.43. The van der Waals surface area contributed by atoms with Crippen LogP contribution in [0.4, 0.5) is 10.1 Å². The molecule has 2 saturated heterocycles. The van der Waals surface area contributed by atoms with Crippen molar-refractivity contribution in [2.75, 3.05) is 44.2 Å². The number of nitrogens with zero attached hydrogens (tertiary/aromatic N) is 3. The largest absolute Gasteiger partial charge is 0.368 e. The van der Waals surface area contributed by atoms with Gasteiger partial charge < -0.3 is 14.7 Å². The van der Waals surface area contributed by atoms with Gasteiger partial charge in [-0.1, -0.05) is 31.2 Å². The Kier molecular flexibility index (Phi) is 7.54. The number of hydrogen-bond acceptors (Lipinski definition) is 3. The van der Waals surface area contributed by atoms with E-state index in [-0.39, 0.29) is 23.5 Å². The molecule has 6 heteroatoms. The van der Waals surface area contributed by atoms with Crippen LogP contribution in [0.3, 0.4) is 0 Å². The van der Waals surface area contributed by atoms with Gasteiger partial charge in [-0.2, -0.15) is 0 Å². The Labute approximate surface area is 218 Å². The molecule has 0 N–H and O–H groups in total. The molecule has 0 aromatic heterocycles. The van der Waals surface area contributed by atoms with Crippen LogP contribution in [0.15, 0.2) is 72.8 Å². The average Bonchev–Trinajstić information content (AvgIpc) is 2.97. The summed E-state index contributed by atoms with van der Waals surface area (Å²) in [4.78, 5) is 32.5. The van der Waals surface area contributed by atoms with Crippen LogP contribution in [0.25, 0.3) is 0 Å². The fourth-order valence-electron chi connectivity index (χ4n) is 5.43. The van der Waals surface area contributed by atoms with E-state index in [0.29, 0.717) is 25.2 Å². The molecule has 2 aliphatic heterocycles. The molecule has 192 valence electrons. The molecule has 2 heterocycles. The van der Waals surface area contributed by atoms with E-state index >= 15 is 0 Å². The van der Waals surface area contributed by atoms with Crippen LogP contribution < -0.4 is 4.90 Å². The van der Waals surface area contributed by atoms with Crippen molar-refractivity contribution in [1.82, 2.24) is 9.80 Å². The fraction of sp³-hybridized carbons (Fsp3) is 0.355. The van der Waals surface area contributed by atoms with Gasteiger partial charge in [0.15, 0.2) is 0 Å². The summed E-state index contributed by atoms with van der Waals surface area (Å²) in [5.74, 6) is 0.100. The zero-order valence-electron chi connectivity index (χ0n) is 21.4. The molecule has 0 unspecified atom stereocenters. The zero-order valence-corrected chi connectivity index (χ0v) is 21.4. The van der Waals surface area contributed by atoms with Crippen LogP contribution in [-0.2, 0) is 6.42 Å². The molecule has 0 aliphatic carbocycles. The molecule has 0 bridgehead atoms. The van der Waals surface area contributed by atoms with Crippen LogP contribution in [-0.4, -0.2) is 60.9 Å².